The van der Waals surface area contributed by atoms with Crippen molar-refractivity contribution in [3.8, 4) is 5.75 Å². The zero-order chi connectivity index (χ0) is 15.8. The fourth-order valence-electron chi connectivity index (χ4n) is 1.29. The minimum absolute atomic E-state index is 0.796. The zero-order valence-electron chi connectivity index (χ0n) is 9.66. The van der Waals surface area contributed by atoms with E-state index in [1.54, 1.807) is 0 Å². The minimum Gasteiger partial charge on any atom is -0.473 e. The van der Waals surface area contributed by atoms with Crippen molar-refractivity contribution >= 4 is 0 Å². The van der Waals surface area contributed by atoms with E-state index >= 15 is 0 Å². The Morgan fingerprint density at radius 2 is 1.20 bits per heavy atom. The second-order valence-electron chi connectivity index (χ2n) is 3.84. The first kappa shape index (κ1) is 16.5. The molecule has 0 bridgehead atoms. The molecule has 0 spiro atoms. The number of hydrogen-bond acceptors (Lipinski definition) is 2. The van der Waals surface area contributed by atoms with E-state index in [1.165, 1.54) is 0 Å². The molecule has 0 aromatic heterocycles. The summed E-state index contributed by atoms with van der Waals surface area (Å²) in [5, 5.41) is 0. The number of alkyl halides is 3. The molecule has 2 N–H and O–H groups in total. The molecule has 114 valence electrons. The van der Waals surface area contributed by atoms with Gasteiger partial charge in [-0.25, -0.2) is 13.2 Å². The summed E-state index contributed by atoms with van der Waals surface area (Å²) in [7, 11) is 0. The van der Waals surface area contributed by atoms with Gasteiger partial charge in [0.1, 0.15) is 0 Å². The Balaban J connectivity index is 3.34. The molecular weight excluding hydrogens is 302 g/mol. The van der Waals surface area contributed by atoms with Crippen LogP contribution in [0.3, 0.4) is 0 Å². The van der Waals surface area contributed by atoms with Crippen LogP contribution < -0.4 is 10.5 Å². The van der Waals surface area contributed by atoms with E-state index in [1.807, 2.05) is 0 Å². The molecule has 1 aromatic rings. The Kier molecular flexibility index (Phi) is 4.47. The van der Waals surface area contributed by atoms with E-state index in [4.69, 9.17) is 5.73 Å². The minimum atomic E-state index is -5.16. The number of benzene rings is 1. The summed E-state index contributed by atoms with van der Waals surface area (Å²) in [4.78, 5) is 0. The van der Waals surface area contributed by atoms with Gasteiger partial charge in [0.2, 0.25) is 35.2 Å². The molecule has 0 aliphatic heterocycles. The lowest BCUT2D eigenvalue weighted by Crippen LogP contribution is -2.47. The molecule has 0 heterocycles. The molecule has 20 heavy (non-hydrogen) atoms. The number of rotatable bonds is 3. The normalized spacial score (nSPS) is 15.1. The van der Waals surface area contributed by atoms with Crippen molar-refractivity contribution in [3.05, 3.63) is 29.1 Å². The second-order valence-corrected chi connectivity index (χ2v) is 3.84. The van der Waals surface area contributed by atoms with Crippen LogP contribution in [0.15, 0.2) is 0 Å². The first-order chi connectivity index (χ1) is 8.98. The van der Waals surface area contributed by atoms with E-state index in [-0.39, 0.29) is 0 Å². The molecule has 10 heteroatoms. The highest BCUT2D eigenvalue weighted by atomic mass is 19.4. The van der Waals surface area contributed by atoms with Gasteiger partial charge in [-0.15, -0.1) is 0 Å². The topological polar surface area (TPSA) is 35.2 Å². The summed E-state index contributed by atoms with van der Waals surface area (Å²) in [6.07, 6.45) is -8.09. The first-order valence-corrected chi connectivity index (χ1v) is 4.98. The smallest absolute Gasteiger partial charge is 0.426 e. The van der Waals surface area contributed by atoms with Crippen LogP contribution in [0, 0.1) is 29.1 Å². The van der Waals surface area contributed by atoms with Gasteiger partial charge in [0, 0.05) is 6.04 Å². The maximum atomic E-state index is 13.2. The van der Waals surface area contributed by atoms with Crippen molar-refractivity contribution in [1.29, 1.82) is 0 Å². The summed E-state index contributed by atoms with van der Waals surface area (Å²) >= 11 is 0. The molecule has 0 saturated carbocycles. The number of hydrogen-bond donors (Lipinski definition) is 1. The molecule has 2 unspecified atom stereocenters. The van der Waals surface area contributed by atoms with E-state index in [0.717, 1.165) is 6.92 Å². The summed E-state index contributed by atoms with van der Waals surface area (Å²) in [5.74, 6) is -14.4. The lowest BCUT2D eigenvalue weighted by atomic mass is 10.2. The van der Waals surface area contributed by atoms with Crippen LogP contribution in [-0.2, 0) is 0 Å². The van der Waals surface area contributed by atoms with Gasteiger partial charge in [0.05, 0.1) is 0 Å². The van der Waals surface area contributed by atoms with Crippen LogP contribution in [0.25, 0.3) is 0 Å². The largest absolute Gasteiger partial charge is 0.473 e. The van der Waals surface area contributed by atoms with Gasteiger partial charge >= 0.3 is 6.18 Å². The van der Waals surface area contributed by atoms with Crippen LogP contribution >= 0.6 is 0 Å². The Bertz CT molecular complexity index is 484. The highest BCUT2D eigenvalue weighted by molar-refractivity contribution is 5.30. The monoisotopic (exact) mass is 309 g/mol. The SMILES string of the molecule is CC(N)C(Oc1c(F)c(F)c(F)c(F)c1F)C(F)(F)F. The van der Waals surface area contributed by atoms with E-state index < -0.39 is 53.2 Å². The quantitative estimate of drug-likeness (QED) is 0.529. The lowest BCUT2D eigenvalue weighted by Gasteiger charge is -2.25. The summed E-state index contributed by atoms with van der Waals surface area (Å²) in [6, 6.07) is -1.80. The second kappa shape index (κ2) is 5.43. The van der Waals surface area contributed by atoms with Crippen molar-refractivity contribution in [2.45, 2.75) is 25.2 Å². The van der Waals surface area contributed by atoms with Crippen molar-refractivity contribution in [3.63, 3.8) is 0 Å². The number of nitrogens with two attached hydrogens (primary N) is 1. The third kappa shape index (κ3) is 2.94. The molecule has 0 aliphatic rings. The first-order valence-electron chi connectivity index (χ1n) is 4.98. The fourth-order valence-corrected chi connectivity index (χ4v) is 1.29. The van der Waals surface area contributed by atoms with Crippen molar-refractivity contribution in [2.24, 2.45) is 5.73 Å². The highest BCUT2D eigenvalue weighted by Gasteiger charge is 2.45. The van der Waals surface area contributed by atoms with Crippen LogP contribution in [0.1, 0.15) is 6.92 Å². The highest BCUT2D eigenvalue weighted by Crippen LogP contribution is 2.33. The van der Waals surface area contributed by atoms with Crippen LogP contribution in [-0.4, -0.2) is 18.3 Å². The molecule has 2 atom stereocenters. The van der Waals surface area contributed by atoms with Gasteiger partial charge in [-0.05, 0) is 6.92 Å². The maximum absolute atomic E-state index is 13.2. The van der Waals surface area contributed by atoms with Gasteiger partial charge < -0.3 is 10.5 Å². The average molecular weight is 309 g/mol. The Morgan fingerprint density at radius 1 is 0.850 bits per heavy atom. The van der Waals surface area contributed by atoms with Gasteiger partial charge in [-0.3, -0.25) is 0 Å². The third-order valence-electron chi connectivity index (χ3n) is 2.21. The molecule has 0 radical (unpaired) electrons. The van der Waals surface area contributed by atoms with Gasteiger partial charge in [0.25, 0.3) is 0 Å². The van der Waals surface area contributed by atoms with E-state index in [2.05, 4.69) is 4.74 Å². The molecule has 0 aliphatic carbocycles. The Hall–Kier alpha value is -1.58. The predicted molar refractivity (Wildman–Crippen MR) is 50.4 cm³/mol. The van der Waals surface area contributed by atoms with Crippen molar-refractivity contribution in [1.82, 2.24) is 0 Å². The Labute approximate surface area is 107 Å². The van der Waals surface area contributed by atoms with Crippen molar-refractivity contribution in [2.75, 3.05) is 0 Å². The molecule has 0 saturated heterocycles. The maximum Gasteiger partial charge on any atom is 0.426 e. The van der Waals surface area contributed by atoms with E-state index in [0.29, 0.717) is 0 Å². The van der Waals surface area contributed by atoms with E-state index in [9.17, 15) is 35.1 Å². The Morgan fingerprint density at radius 3 is 1.50 bits per heavy atom. The van der Waals surface area contributed by atoms with Crippen LogP contribution in [0.4, 0.5) is 35.1 Å². The summed E-state index contributed by atoms with van der Waals surface area (Å²) in [6.45, 7) is 0.796. The molecular formula is C10H7F8NO. The fraction of sp³-hybridized carbons (Fsp3) is 0.400. The number of halogens is 8. The summed E-state index contributed by atoms with van der Waals surface area (Å²) < 4.78 is 106. The predicted octanol–water partition coefficient (Wildman–Crippen LogP) is 3.04. The lowest BCUT2D eigenvalue weighted by molar-refractivity contribution is -0.200. The van der Waals surface area contributed by atoms with Gasteiger partial charge in [-0.2, -0.15) is 22.0 Å². The third-order valence-corrected chi connectivity index (χ3v) is 2.21. The van der Waals surface area contributed by atoms with Crippen LogP contribution in [0.5, 0.6) is 5.75 Å². The standard InChI is InChI=1S/C10H7F8NO/c1-2(19)9(10(16,17)18)20-8-6(14)4(12)3(11)5(13)7(8)15/h2,9H,19H2,1H3. The zero-order valence-corrected chi connectivity index (χ0v) is 9.66. The van der Waals surface area contributed by atoms with Crippen LogP contribution in [0.2, 0.25) is 0 Å². The molecule has 2 nitrogen and oxygen atoms in total. The molecule has 1 rings (SSSR count). The number of ether oxygens (including phenoxy) is 1. The molecule has 1 aromatic carbocycles. The van der Waals surface area contributed by atoms with Gasteiger partial charge in [0.15, 0.2) is 5.75 Å². The molecule has 0 fully saturated rings. The van der Waals surface area contributed by atoms with Crippen molar-refractivity contribution < 1.29 is 39.9 Å². The molecule has 0 amide bonds. The average Bonchev–Trinajstić information content (AvgIpc) is 2.32. The van der Waals surface area contributed by atoms with Gasteiger partial charge in [-0.1, -0.05) is 0 Å². The summed E-state index contributed by atoms with van der Waals surface area (Å²) in [5.41, 5.74) is 4.93.